The Morgan fingerprint density at radius 2 is 2.21 bits per heavy atom. The minimum atomic E-state index is -0.538. The van der Waals surface area contributed by atoms with E-state index in [-0.39, 0.29) is 11.0 Å². The van der Waals surface area contributed by atoms with Gasteiger partial charge in [0.25, 0.3) is 0 Å². The molecule has 0 saturated carbocycles. The fourth-order valence-electron chi connectivity index (χ4n) is 1.10. The highest BCUT2D eigenvalue weighted by molar-refractivity contribution is 6.28. The average molecular weight is 213 g/mol. The van der Waals surface area contributed by atoms with Gasteiger partial charge in [-0.15, -0.1) is 0 Å². The van der Waals surface area contributed by atoms with Gasteiger partial charge in [-0.25, -0.2) is 19.3 Å². The second-order valence-corrected chi connectivity index (χ2v) is 3.04. The topological polar surface area (TPSA) is 43.6 Å². The number of aromatic nitrogens is 4. The normalized spacial score (nSPS) is 10.5. The second-order valence-electron chi connectivity index (χ2n) is 2.70. The summed E-state index contributed by atoms with van der Waals surface area (Å²) in [5, 5.41) is 0.00407. The van der Waals surface area contributed by atoms with E-state index in [1.807, 2.05) is 0 Å². The lowest BCUT2D eigenvalue weighted by Crippen LogP contribution is -1.98. The molecule has 2 heterocycles. The van der Waals surface area contributed by atoms with Gasteiger partial charge < -0.3 is 4.57 Å². The first kappa shape index (κ1) is 9.08. The predicted octanol–water partition coefficient (Wildman–Crippen LogP) is 1.67. The summed E-state index contributed by atoms with van der Waals surface area (Å²) in [4.78, 5) is 11.3. The Kier molecular flexibility index (Phi) is 2.17. The summed E-state index contributed by atoms with van der Waals surface area (Å²) in [6, 6.07) is 0. The van der Waals surface area contributed by atoms with Gasteiger partial charge in [0.2, 0.25) is 5.28 Å². The number of aryl methyl sites for hydroxylation is 1. The number of nitrogens with zero attached hydrogens (tertiary/aromatic N) is 4. The van der Waals surface area contributed by atoms with Crippen LogP contribution < -0.4 is 0 Å². The molecule has 2 aromatic rings. The predicted molar refractivity (Wildman–Crippen MR) is 49.2 cm³/mol. The Balaban J connectivity index is 2.62. The van der Waals surface area contributed by atoms with Crippen molar-refractivity contribution in [1.82, 2.24) is 19.5 Å². The highest BCUT2D eigenvalue weighted by Crippen LogP contribution is 2.18. The summed E-state index contributed by atoms with van der Waals surface area (Å²) < 4.78 is 14.9. The van der Waals surface area contributed by atoms with Crippen LogP contribution in [-0.4, -0.2) is 19.5 Å². The van der Waals surface area contributed by atoms with Gasteiger partial charge >= 0.3 is 0 Å². The molecule has 0 fully saturated rings. The Morgan fingerprint density at radius 3 is 2.86 bits per heavy atom. The first-order chi connectivity index (χ1) is 6.68. The minimum absolute atomic E-state index is 0.00407. The summed E-state index contributed by atoms with van der Waals surface area (Å²) in [5.41, 5.74) is 0.109. The van der Waals surface area contributed by atoms with Gasteiger partial charge in [-0.05, 0) is 11.6 Å². The van der Waals surface area contributed by atoms with Gasteiger partial charge in [0, 0.05) is 19.4 Å². The third-order valence-corrected chi connectivity index (χ3v) is 1.93. The molecule has 72 valence electrons. The maximum absolute atomic E-state index is 13.3. The third kappa shape index (κ3) is 1.46. The molecule has 0 atom stereocenters. The van der Waals surface area contributed by atoms with E-state index in [0.717, 1.165) is 6.20 Å². The molecule has 2 rings (SSSR count). The lowest BCUT2D eigenvalue weighted by atomic mass is 10.4. The van der Waals surface area contributed by atoms with E-state index in [2.05, 4.69) is 15.0 Å². The smallest absolute Gasteiger partial charge is 0.223 e. The Hall–Kier alpha value is -1.49. The molecule has 4 nitrogen and oxygen atoms in total. The number of halogens is 2. The van der Waals surface area contributed by atoms with Crippen LogP contribution in [0.3, 0.4) is 0 Å². The molecule has 0 N–H and O–H groups in total. The summed E-state index contributed by atoms with van der Waals surface area (Å²) in [6.45, 7) is 0. The van der Waals surface area contributed by atoms with E-state index in [0.29, 0.717) is 5.82 Å². The van der Waals surface area contributed by atoms with Gasteiger partial charge in [0.05, 0.1) is 6.20 Å². The summed E-state index contributed by atoms with van der Waals surface area (Å²) >= 11 is 5.56. The van der Waals surface area contributed by atoms with Crippen molar-refractivity contribution in [1.29, 1.82) is 0 Å². The highest BCUT2D eigenvalue weighted by atomic mass is 35.5. The molecule has 6 heteroatoms. The van der Waals surface area contributed by atoms with E-state index >= 15 is 0 Å². The lowest BCUT2D eigenvalue weighted by Gasteiger charge is -2.01. The summed E-state index contributed by atoms with van der Waals surface area (Å²) in [6.07, 6.45) is 4.29. The SMILES string of the molecule is Cn1ccnc1-c1nc(Cl)ncc1F. The largest absolute Gasteiger partial charge is 0.333 e. The zero-order valence-electron chi connectivity index (χ0n) is 7.28. The van der Waals surface area contributed by atoms with Crippen LogP contribution in [-0.2, 0) is 7.05 Å². The van der Waals surface area contributed by atoms with Gasteiger partial charge in [0.1, 0.15) is 5.69 Å². The molecule has 0 aromatic carbocycles. The molecule has 2 aromatic heterocycles. The molecule has 0 spiro atoms. The molecule has 0 aliphatic carbocycles. The van der Waals surface area contributed by atoms with E-state index in [9.17, 15) is 4.39 Å². The van der Waals surface area contributed by atoms with Crippen molar-refractivity contribution in [2.24, 2.45) is 7.05 Å². The van der Waals surface area contributed by atoms with Crippen molar-refractivity contribution in [3.05, 3.63) is 29.7 Å². The zero-order chi connectivity index (χ0) is 10.1. The maximum Gasteiger partial charge on any atom is 0.223 e. The van der Waals surface area contributed by atoms with E-state index in [1.165, 1.54) is 0 Å². The Labute approximate surface area is 84.4 Å². The van der Waals surface area contributed by atoms with Crippen LogP contribution in [0.1, 0.15) is 0 Å². The molecule has 0 bridgehead atoms. The molecule has 0 amide bonds. The van der Waals surface area contributed by atoms with Crippen molar-refractivity contribution >= 4 is 11.6 Å². The summed E-state index contributed by atoms with van der Waals surface area (Å²) in [5.74, 6) is -0.115. The Morgan fingerprint density at radius 1 is 1.43 bits per heavy atom. The van der Waals surface area contributed by atoms with Gasteiger partial charge in [-0.2, -0.15) is 0 Å². The van der Waals surface area contributed by atoms with Crippen LogP contribution in [0.2, 0.25) is 5.28 Å². The van der Waals surface area contributed by atoms with Gasteiger partial charge in [0.15, 0.2) is 11.6 Å². The van der Waals surface area contributed by atoms with Crippen molar-refractivity contribution in [2.45, 2.75) is 0 Å². The number of hydrogen-bond donors (Lipinski definition) is 0. The monoisotopic (exact) mass is 212 g/mol. The minimum Gasteiger partial charge on any atom is -0.333 e. The van der Waals surface area contributed by atoms with Crippen molar-refractivity contribution in [3.63, 3.8) is 0 Å². The number of rotatable bonds is 1. The van der Waals surface area contributed by atoms with Crippen LogP contribution in [0.25, 0.3) is 11.5 Å². The number of imidazole rings is 1. The van der Waals surface area contributed by atoms with E-state index in [1.54, 1.807) is 24.0 Å². The second kappa shape index (κ2) is 3.34. The van der Waals surface area contributed by atoms with Crippen molar-refractivity contribution < 1.29 is 4.39 Å². The van der Waals surface area contributed by atoms with E-state index in [4.69, 9.17) is 11.6 Å². The first-order valence-electron chi connectivity index (χ1n) is 3.84. The van der Waals surface area contributed by atoms with Crippen LogP contribution in [0.15, 0.2) is 18.6 Å². The molecule has 14 heavy (non-hydrogen) atoms. The molecule has 0 aliphatic rings. The van der Waals surface area contributed by atoms with Gasteiger partial charge in [-0.3, -0.25) is 0 Å². The van der Waals surface area contributed by atoms with Gasteiger partial charge in [-0.1, -0.05) is 0 Å². The van der Waals surface area contributed by atoms with Crippen molar-refractivity contribution in [2.75, 3.05) is 0 Å². The van der Waals surface area contributed by atoms with Crippen LogP contribution in [0.4, 0.5) is 4.39 Å². The van der Waals surface area contributed by atoms with Crippen LogP contribution in [0, 0.1) is 5.82 Å². The molecule has 0 saturated heterocycles. The van der Waals surface area contributed by atoms with Crippen molar-refractivity contribution in [3.8, 4) is 11.5 Å². The molecular weight excluding hydrogens is 207 g/mol. The maximum atomic E-state index is 13.3. The van der Waals surface area contributed by atoms with Crippen LogP contribution >= 0.6 is 11.6 Å². The van der Waals surface area contributed by atoms with E-state index < -0.39 is 5.82 Å². The highest BCUT2D eigenvalue weighted by Gasteiger charge is 2.12. The quantitative estimate of drug-likeness (QED) is 0.676. The standard InChI is InChI=1S/C8H6ClFN4/c1-14-3-2-11-7(14)6-5(10)4-12-8(9)13-6/h2-4H,1H3. The first-order valence-corrected chi connectivity index (χ1v) is 4.22. The average Bonchev–Trinajstić information content (AvgIpc) is 2.56. The fraction of sp³-hybridized carbons (Fsp3) is 0.125. The number of hydrogen-bond acceptors (Lipinski definition) is 3. The summed E-state index contributed by atoms with van der Waals surface area (Å²) in [7, 11) is 1.75. The van der Waals surface area contributed by atoms with Crippen LogP contribution in [0.5, 0.6) is 0 Å². The lowest BCUT2D eigenvalue weighted by molar-refractivity contribution is 0.615. The molecule has 0 unspecified atom stereocenters. The zero-order valence-corrected chi connectivity index (χ0v) is 8.03. The Bertz CT molecular complexity index is 468. The fourth-order valence-corrected chi connectivity index (χ4v) is 1.23. The molecular formula is C8H6ClFN4. The molecule has 0 radical (unpaired) electrons. The molecule has 0 aliphatic heterocycles. The third-order valence-electron chi connectivity index (χ3n) is 1.75.